The van der Waals surface area contributed by atoms with Crippen molar-refractivity contribution >= 4 is 27.3 Å². The number of anilines is 1. The number of hydrazone groups is 1. The first-order chi connectivity index (χ1) is 14.8. The molecule has 1 aliphatic rings. The Hall–Kier alpha value is -3.52. The Balaban J connectivity index is 1.79. The molecule has 0 bridgehead atoms. The molecule has 0 saturated heterocycles. The molecule has 8 heteroatoms. The molecule has 0 spiro atoms. The molecule has 1 N–H and O–H groups in total. The van der Waals surface area contributed by atoms with Gasteiger partial charge in [0.15, 0.2) is 0 Å². The number of nitrogens with one attached hydrogen (secondary N) is 1. The number of halogens is 1. The van der Waals surface area contributed by atoms with E-state index in [0.717, 1.165) is 6.26 Å². The third-order valence-electron chi connectivity index (χ3n) is 4.94. The molecule has 1 aliphatic heterocycles. The van der Waals surface area contributed by atoms with Gasteiger partial charge in [-0.1, -0.05) is 54.6 Å². The third-order valence-corrected chi connectivity index (χ3v) is 5.53. The number of amides is 1. The van der Waals surface area contributed by atoms with Crippen LogP contribution in [0.1, 0.15) is 33.9 Å². The zero-order valence-electron chi connectivity index (χ0n) is 16.7. The number of carbonyl (C=O) groups excluding carboxylic acids is 1. The lowest BCUT2D eigenvalue weighted by molar-refractivity contribution is 0.0708. The normalized spacial score (nSPS) is 16.1. The summed E-state index contributed by atoms with van der Waals surface area (Å²) in [5.41, 5.74) is 2.16. The summed E-state index contributed by atoms with van der Waals surface area (Å²) >= 11 is 0. The summed E-state index contributed by atoms with van der Waals surface area (Å²) in [5, 5.41) is 5.80. The van der Waals surface area contributed by atoms with E-state index in [1.54, 1.807) is 72.8 Å². The van der Waals surface area contributed by atoms with Gasteiger partial charge in [0.05, 0.1) is 23.7 Å². The quantitative estimate of drug-likeness (QED) is 0.650. The Morgan fingerprint density at radius 1 is 1.00 bits per heavy atom. The van der Waals surface area contributed by atoms with Gasteiger partial charge in [0.2, 0.25) is 10.0 Å². The second kappa shape index (κ2) is 8.31. The minimum atomic E-state index is -3.52. The van der Waals surface area contributed by atoms with Crippen LogP contribution in [-0.4, -0.2) is 31.3 Å². The van der Waals surface area contributed by atoms with Gasteiger partial charge >= 0.3 is 0 Å². The molecule has 1 heterocycles. The molecular weight excluding hydrogens is 417 g/mol. The predicted molar refractivity (Wildman–Crippen MR) is 118 cm³/mol. The monoisotopic (exact) mass is 437 g/mol. The highest BCUT2D eigenvalue weighted by Crippen LogP contribution is 2.36. The number of hydrogen-bond acceptors (Lipinski definition) is 4. The van der Waals surface area contributed by atoms with E-state index in [9.17, 15) is 17.6 Å². The molecule has 0 saturated carbocycles. The van der Waals surface area contributed by atoms with Crippen LogP contribution in [0.25, 0.3) is 0 Å². The molecule has 0 radical (unpaired) electrons. The molecule has 3 aromatic rings. The van der Waals surface area contributed by atoms with Crippen LogP contribution in [0.5, 0.6) is 0 Å². The summed E-state index contributed by atoms with van der Waals surface area (Å²) in [7, 11) is -3.52. The van der Waals surface area contributed by atoms with Crippen LogP contribution < -0.4 is 4.72 Å². The highest BCUT2D eigenvalue weighted by atomic mass is 32.2. The van der Waals surface area contributed by atoms with Crippen molar-refractivity contribution in [1.82, 2.24) is 5.01 Å². The Bertz CT molecular complexity index is 1260. The standard InChI is InChI=1S/C23H20FN3O3S/c1-31(29,30)26-20-14-8-6-12-18(20)21-15-22(17-11-5-7-13-19(17)24)27(25-21)23(28)16-9-3-2-4-10-16/h2-14,22,26H,15H2,1H3. The molecule has 1 unspecified atom stereocenters. The summed E-state index contributed by atoms with van der Waals surface area (Å²) in [6, 6.07) is 21.1. The SMILES string of the molecule is CS(=O)(=O)Nc1ccccc1C1=NN(C(=O)c2ccccc2)C(c2ccccc2F)C1. The minimum Gasteiger partial charge on any atom is -0.283 e. The van der Waals surface area contributed by atoms with Crippen molar-refractivity contribution in [1.29, 1.82) is 0 Å². The number of para-hydroxylation sites is 1. The van der Waals surface area contributed by atoms with Crippen molar-refractivity contribution < 1.29 is 17.6 Å². The van der Waals surface area contributed by atoms with Crippen molar-refractivity contribution in [2.45, 2.75) is 12.5 Å². The Morgan fingerprint density at radius 3 is 2.35 bits per heavy atom. The molecule has 6 nitrogen and oxygen atoms in total. The Kier molecular flexibility index (Phi) is 5.56. The number of hydrogen-bond donors (Lipinski definition) is 1. The molecule has 0 fully saturated rings. The lowest BCUT2D eigenvalue weighted by atomic mass is 9.97. The summed E-state index contributed by atoms with van der Waals surface area (Å²) in [6.45, 7) is 0. The van der Waals surface area contributed by atoms with Gasteiger partial charge in [0, 0.05) is 23.1 Å². The summed E-state index contributed by atoms with van der Waals surface area (Å²) in [5.74, 6) is -0.797. The van der Waals surface area contributed by atoms with Gasteiger partial charge in [-0.2, -0.15) is 5.10 Å². The van der Waals surface area contributed by atoms with E-state index in [2.05, 4.69) is 9.82 Å². The van der Waals surface area contributed by atoms with Gasteiger partial charge in [-0.3, -0.25) is 9.52 Å². The maximum absolute atomic E-state index is 14.6. The zero-order valence-corrected chi connectivity index (χ0v) is 17.5. The van der Waals surface area contributed by atoms with Gasteiger partial charge < -0.3 is 0 Å². The van der Waals surface area contributed by atoms with E-state index in [1.165, 1.54) is 11.1 Å². The highest BCUT2D eigenvalue weighted by Gasteiger charge is 2.35. The van der Waals surface area contributed by atoms with Crippen molar-refractivity contribution in [3.05, 3.63) is 101 Å². The van der Waals surface area contributed by atoms with Crippen molar-refractivity contribution in [2.75, 3.05) is 11.0 Å². The molecular formula is C23H20FN3O3S. The van der Waals surface area contributed by atoms with Gasteiger partial charge in [-0.15, -0.1) is 0 Å². The molecule has 1 amide bonds. The van der Waals surface area contributed by atoms with Gasteiger partial charge in [0.25, 0.3) is 5.91 Å². The molecule has 3 aromatic carbocycles. The first-order valence-corrected chi connectivity index (χ1v) is 11.5. The number of nitrogens with zero attached hydrogens (tertiary/aromatic N) is 2. The molecule has 4 rings (SSSR count). The minimum absolute atomic E-state index is 0.238. The largest absolute Gasteiger partial charge is 0.283 e. The second-order valence-corrected chi connectivity index (χ2v) is 8.97. The first kappa shape index (κ1) is 20.7. The Labute approximate surface area is 180 Å². The smallest absolute Gasteiger partial charge is 0.274 e. The van der Waals surface area contributed by atoms with Crippen LogP contribution in [0.2, 0.25) is 0 Å². The number of sulfonamides is 1. The van der Waals surface area contributed by atoms with Gasteiger partial charge in [-0.05, 0) is 24.3 Å². The van der Waals surface area contributed by atoms with E-state index < -0.39 is 21.9 Å². The highest BCUT2D eigenvalue weighted by molar-refractivity contribution is 7.92. The van der Waals surface area contributed by atoms with E-state index in [0.29, 0.717) is 28.1 Å². The number of rotatable bonds is 5. The lowest BCUT2D eigenvalue weighted by Gasteiger charge is -2.22. The summed E-state index contributed by atoms with van der Waals surface area (Å²) in [6.07, 6.45) is 1.30. The topological polar surface area (TPSA) is 78.8 Å². The average Bonchev–Trinajstić information content (AvgIpc) is 3.18. The van der Waals surface area contributed by atoms with Crippen molar-refractivity contribution in [2.24, 2.45) is 5.10 Å². The fraction of sp³-hybridized carbons (Fsp3) is 0.130. The lowest BCUT2D eigenvalue weighted by Crippen LogP contribution is -2.27. The van der Waals surface area contributed by atoms with E-state index >= 15 is 0 Å². The summed E-state index contributed by atoms with van der Waals surface area (Å²) in [4.78, 5) is 13.2. The maximum Gasteiger partial charge on any atom is 0.274 e. The fourth-order valence-electron chi connectivity index (χ4n) is 3.58. The van der Waals surface area contributed by atoms with Crippen LogP contribution in [0.15, 0.2) is 84.0 Å². The second-order valence-electron chi connectivity index (χ2n) is 7.22. The van der Waals surface area contributed by atoms with E-state index in [4.69, 9.17) is 0 Å². The van der Waals surface area contributed by atoms with Crippen molar-refractivity contribution in [3.8, 4) is 0 Å². The van der Waals surface area contributed by atoms with Crippen molar-refractivity contribution in [3.63, 3.8) is 0 Å². The van der Waals surface area contributed by atoms with Gasteiger partial charge in [0.1, 0.15) is 5.82 Å². The maximum atomic E-state index is 14.6. The molecule has 158 valence electrons. The predicted octanol–water partition coefficient (Wildman–Crippen LogP) is 4.19. The zero-order chi connectivity index (χ0) is 22.0. The molecule has 0 aliphatic carbocycles. The fourth-order valence-corrected chi connectivity index (χ4v) is 4.16. The average molecular weight is 437 g/mol. The van der Waals surface area contributed by atoms with Gasteiger partial charge in [-0.25, -0.2) is 17.8 Å². The third kappa shape index (κ3) is 4.49. The van der Waals surface area contributed by atoms with Crippen LogP contribution >= 0.6 is 0 Å². The molecule has 31 heavy (non-hydrogen) atoms. The summed E-state index contributed by atoms with van der Waals surface area (Å²) < 4.78 is 40.7. The van der Waals surface area contributed by atoms with Crippen LogP contribution in [-0.2, 0) is 10.0 Å². The van der Waals surface area contributed by atoms with E-state index in [-0.39, 0.29) is 12.3 Å². The molecule has 1 atom stereocenters. The van der Waals surface area contributed by atoms with Crippen LogP contribution in [0, 0.1) is 5.82 Å². The molecule has 0 aromatic heterocycles. The van der Waals surface area contributed by atoms with Crippen LogP contribution in [0.4, 0.5) is 10.1 Å². The van der Waals surface area contributed by atoms with E-state index in [1.807, 2.05) is 0 Å². The number of benzene rings is 3. The first-order valence-electron chi connectivity index (χ1n) is 9.61. The van der Waals surface area contributed by atoms with Crippen LogP contribution in [0.3, 0.4) is 0 Å². The Morgan fingerprint density at radius 2 is 1.65 bits per heavy atom. The number of carbonyl (C=O) groups is 1.